The van der Waals surface area contributed by atoms with Gasteiger partial charge in [-0.15, -0.1) is 0 Å². The molecule has 1 aliphatic rings. The molecule has 2 N–H and O–H groups in total. The predicted octanol–water partition coefficient (Wildman–Crippen LogP) is 1.67. The lowest BCUT2D eigenvalue weighted by molar-refractivity contribution is 0.366. The van der Waals surface area contributed by atoms with Crippen LogP contribution in [0.2, 0.25) is 0 Å². The summed E-state index contributed by atoms with van der Waals surface area (Å²) in [5.74, 6) is 0. The average Bonchev–Trinajstić information content (AvgIpc) is 2.73. The van der Waals surface area contributed by atoms with Crippen molar-refractivity contribution >= 4 is 0 Å². The van der Waals surface area contributed by atoms with Crippen molar-refractivity contribution in [3.63, 3.8) is 0 Å². The molecular formula is C11H19N3. The summed E-state index contributed by atoms with van der Waals surface area (Å²) in [6.07, 6.45) is 6.11. The molecule has 3 nitrogen and oxygen atoms in total. The third-order valence-corrected chi connectivity index (χ3v) is 3.73. The summed E-state index contributed by atoms with van der Waals surface area (Å²) in [5, 5.41) is 0. The Kier molecular flexibility index (Phi) is 1.96. The Morgan fingerprint density at radius 2 is 2.21 bits per heavy atom. The molecule has 14 heavy (non-hydrogen) atoms. The standard InChI is InChI=1S/C11H19N3/c1-4-14-8-13-7-9(14)10(2,3)11(12)5-6-11/h7-8H,4-6,12H2,1-3H3. The second-order valence-electron chi connectivity index (χ2n) is 4.85. The molecule has 1 saturated carbocycles. The summed E-state index contributed by atoms with van der Waals surface area (Å²) in [5.41, 5.74) is 7.60. The fourth-order valence-corrected chi connectivity index (χ4v) is 2.11. The Balaban J connectivity index is 2.38. The fraction of sp³-hybridized carbons (Fsp3) is 0.727. The molecule has 0 amide bonds. The van der Waals surface area contributed by atoms with Crippen LogP contribution in [-0.2, 0) is 12.0 Å². The number of aromatic nitrogens is 2. The van der Waals surface area contributed by atoms with E-state index in [0.29, 0.717) is 0 Å². The van der Waals surface area contributed by atoms with Gasteiger partial charge in [0, 0.05) is 29.4 Å². The quantitative estimate of drug-likeness (QED) is 0.793. The highest BCUT2D eigenvalue weighted by Gasteiger charge is 2.53. The van der Waals surface area contributed by atoms with Crippen LogP contribution < -0.4 is 5.73 Å². The van der Waals surface area contributed by atoms with Gasteiger partial charge < -0.3 is 10.3 Å². The number of hydrogen-bond acceptors (Lipinski definition) is 2. The van der Waals surface area contributed by atoms with Crippen molar-refractivity contribution < 1.29 is 0 Å². The van der Waals surface area contributed by atoms with Crippen molar-refractivity contribution in [1.29, 1.82) is 0 Å². The molecule has 0 atom stereocenters. The monoisotopic (exact) mass is 193 g/mol. The Bertz CT molecular complexity index is 334. The molecule has 3 heteroatoms. The third-order valence-electron chi connectivity index (χ3n) is 3.73. The maximum Gasteiger partial charge on any atom is 0.0948 e. The summed E-state index contributed by atoms with van der Waals surface area (Å²) in [6.45, 7) is 7.55. The molecule has 0 bridgehead atoms. The van der Waals surface area contributed by atoms with Crippen LogP contribution >= 0.6 is 0 Å². The molecule has 0 aliphatic heterocycles. The summed E-state index contributed by atoms with van der Waals surface area (Å²) < 4.78 is 2.19. The average molecular weight is 193 g/mol. The van der Waals surface area contributed by atoms with Gasteiger partial charge >= 0.3 is 0 Å². The number of hydrogen-bond donors (Lipinski definition) is 1. The van der Waals surface area contributed by atoms with Gasteiger partial charge in [-0.1, -0.05) is 13.8 Å². The van der Waals surface area contributed by atoms with E-state index in [4.69, 9.17) is 5.73 Å². The molecule has 1 aromatic rings. The maximum absolute atomic E-state index is 6.30. The largest absolute Gasteiger partial charge is 0.334 e. The van der Waals surface area contributed by atoms with Gasteiger partial charge in [0.2, 0.25) is 0 Å². The van der Waals surface area contributed by atoms with Crippen molar-refractivity contribution in [2.24, 2.45) is 5.73 Å². The first-order valence-corrected chi connectivity index (χ1v) is 5.31. The first kappa shape index (κ1) is 9.71. The second-order valence-corrected chi connectivity index (χ2v) is 4.85. The van der Waals surface area contributed by atoms with Crippen LogP contribution in [-0.4, -0.2) is 15.1 Å². The van der Waals surface area contributed by atoms with E-state index in [1.807, 2.05) is 12.5 Å². The molecule has 0 aromatic carbocycles. The maximum atomic E-state index is 6.30. The van der Waals surface area contributed by atoms with Gasteiger partial charge in [0.05, 0.1) is 6.33 Å². The zero-order valence-electron chi connectivity index (χ0n) is 9.25. The molecular weight excluding hydrogens is 174 g/mol. The number of aryl methyl sites for hydroxylation is 1. The van der Waals surface area contributed by atoms with E-state index in [9.17, 15) is 0 Å². The predicted molar refractivity (Wildman–Crippen MR) is 57.1 cm³/mol. The fourth-order valence-electron chi connectivity index (χ4n) is 2.11. The Morgan fingerprint density at radius 3 is 2.71 bits per heavy atom. The summed E-state index contributed by atoms with van der Waals surface area (Å²) in [6, 6.07) is 0. The zero-order valence-corrected chi connectivity index (χ0v) is 9.25. The first-order chi connectivity index (χ1) is 6.51. The minimum atomic E-state index is -0.0000463. The van der Waals surface area contributed by atoms with Crippen molar-refractivity contribution in [1.82, 2.24) is 9.55 Å². The van der Waals surface area contributed by atoms with E-state index in [1.54, 1.807) is 0 Å². The molecule has 0 spiro atoms. The lowest BCUT2D eigenvalue weighted by Crippen LogP contribution is -2.44. The summed E-state index contributed by atoms with van der Waals surface area (Å²) in [7, 11) is 0. The second kappa shape index (κ2) is 2.83. The summed E-state index contributed by atoms with van der Waals surface area (Å²) in [4.78, 5) is 4.21. The van der Waals surface area contributed by atoms with Gasteiger partial charge in [-0.05, 0) is 19.8 Å². The highest BCUT2D eigenvalue weighted by Crippen LogP contribution is 2.48. The van der Waals surface area contributed by atoms with Crippen molar-refractivity contribution in [2.75, 3.05) is 0 Å². The Morgan fingerprint density at radius 1 is 1.57 bits per heavy atom. The van der Waals surface area contributed by atoms with Crippen LogP contribution in [0.15, 0.2) is 12.5 Å². The Labute approximate surface area is 85.3 Å². The third kappa shape index (κ3) is 1.19. The van der Waals surface area contributed by atoms with E-state index in [1.165, 1.54) is 5.69 Å². The lowest BCUT2D eigenvalue weighted by atomic mass is 9.79. The lowest BCUT2D eigenvalue weighted by Gasteiger charge is -2.32. The molecule has 1 aromatic heterocycles. The first-order valence-electron chi connectivity index (χ1n) is 5.31. The SMILES string of the molecule is CCn1cncc1C(C)(C)C1(N)CC1. The molecule has 78 valence electrons. The number of nitrogens with two attached hydrogens (primary N) is 1. The molecule has 0 saturated heterocycles. The van der Waals surface area contributed by atoms with Gasteiger partial charge in [0.1, 0.15) is 0 Å². The van der Waals surface area contributed by atoms with Gasteiger partial charge in [-0.25, -0.2) is 4.98 Å². The van der Waals surface area contributed by atoms with Gasteiger partial charge in [-0.3, -0.25) is 0 Å². The van der Waals surface area contributed by atoms with Crippen molar-refractivity contribution in [3.8, 4) is 0 Å². The summed E-state index contributed by atoms with van der Waals surface area (Å²) >= 11 is 0. The molecule has 1 aliphatic carbocycles. The van der Waals surface area contributed by atoms with E-state index in [-0.39, 0.29) is 11.0 Å². The van der Waals surface area contributed by atoms with Gasteiger partial charge in [-0.2, -0.15) is 0 Å². The van der Waals surface area contributed by atoms with Crippen LogP contribution in [0.25, 0.3) is 0 Å². The van der Waals surface area contributed by atoms with Crippen LogP contribution in [0.3, 0.4) is 0 Å². The van der Waals surface area contributed by atoms with Crippen LogP contribution in [0.1, 0.15) is 39.3 Å². The zero-order chi connectivity index (χ0) is 10.4. The van der Waals surface area contributed by atoms with E-state index in [0.717, 1.165) is 19.4 Å². The topological polar surface area (TPSA) is 43.8 Å². The minimum Gasteiger partial charge on any atom is -0.334 e. The van der Waals surface area contributed by atoms with E-state index in [2.05, 4.69) is 30.3 Å². The van der Waals surface area contributed by atoms with Crippen LogP contribution in [0, 0.1) is 0 Å². The highest BCUT2D eigenvalue weighted by atomic mass is 15.1. The molecule has 0 radical (unpaired) electrons. The minimum absolute atomic E-state index is 0.0000463. The van der Waals surface area contributed by atoms with E-state index < -0.39 is 0 Å². The normalized spacial score (nSPS) is 19.7. The molecule has 1 heterocycles. The molecule has 1 fully saturated rings. The highest BCUT2D eigenvalue weighted by molar-refractivity contribution is 5.26. The number of imidazole rings is 1. The number of nitrogens with zero attached hydrogens (tertiary/aromatic N) is 2. The number of rotatable bonds is 3. The van der Waals surface area contributed by atoms with Crippen molar-refractivity contribution in [2.45, 2.75) is 51.1 Å². The molecule has 0 unspecified atom stereocenters. The van der Waals surface area contributed by atoms with Gasteiger partial charge in [0.15, 0.2) is 0 Å². The Hall–Kier alpha value is -0.830. The van der Waals surface area contributed by atoms with Crippen LogP contribution in [0.5, 0.6) is 0 Å². The van der Waals surface area contributed by atoms with Gasteiger partial charge in [0.25, 0.3) is 0 Å². The van der Waals surface area contributed by atoms with E-state index >= 15 is 0 Å². The smallest absolute Gasteiger partial charge is 0.0948 e. The van der Waals surface area contributed by atoms with Crippen LogP contribution in [0.4, 0.5) is 0 Å². The molecule has 2 rings (SSSR count). The van der Waals surface area contributed by atoms with Crippen molar-refractivity contribution in [3.05, 3.63) is 18.2 Å².